The van der Waals surface area contributed by atoms with E-state index in [1.165, 1.54) is 11.1 Å². The molecule has 2 heterocycles. The zero-order valence-corrected chi connectivity index (χ0v) is 14.6. The molecule has 0 bridgehead atoms. The van der Waals surface area contributed by atoms with Gasteiger partial charge in [-0.25, -0.2) is 0 Å². The van der Waals surface area contributed by atoms with Gasteiger partial charge in [0.15, 0.2) is 0 Å². The van der Waals surface area contributed by atoms with Crippen LogP contribution < -0.4 is 0 Å². The van der Waals surface area contributed by atoms with E-state index in [1.807, 2.05) is 11.3 Å². The third-order valence-corrected chi connectivity index (χ3v) is 8.68. The Balaban J connectivity index is 2.31. The van der Waals surface area contributed by atoms with Crippen LogP contribution in [0.1, 0.15) is 16.7 Å². The number of nitrogens with zero attached hydrogens (tertiary/aromatic N) is 1. The summed E-state index contributed by atoms with van der Waals surface area (Å²) in [6.07, 6.45) is 0. The van der Waals surface area contributed by atoms with Crippen molar-refractivity contribution in [1.82, 2.24) is 4.90 Å². The fourth-order valence-corrected chi connectivity index (χ4v) is 7.39. The summed E-state index contributed by atoms with van der Waals surface area (Å²) in [5.41, 5.74) is 4.62. The first kappa shape index (κ1) is 14.1. The molecule has 1 atom stereocenters. The van der Waals surface area contributed by atoms with Crippen molar-refractivity contribution in [1.29, 1.82) is 0 Å². The molecule has 0 N–H and O–H groups in total. The minimum atomic E-state index is -1.44. The normalized spacial score (nSPS) is 23.6. The van der Waals surface area contributed by atoms with Crippen LogP contribution >= 0.6 is 11.3 Å². The van der Waals surface area contributed by atoms with Gasteiger partial charge in [0, 0.05) is 18.1 Å². The zero-order valence-electron chi connectivity index (χ0n) is 12.8. The smallest absolute Gasteiger partial charge is 0.0629 e. The van der Waals surface area contributed by atoms with Crippen LogP contribution in [0.25, 0.3) is 0 Å². The van der Waals surface area contributed by atoms with Crippen molar-refractivity contribution >= 4 is 19.4 Å². The maximum Gasteiger partial charge on any atom is 0.0629 e. The Morgan fingerprint density at radius 3 is 2.55 bits per heavy atom. The quantitative estimate of drug-likeness (QED) is 0.745. The third kappa shape index (κ3) is 2.00. The Kier molecular flexibility index (Phi) is 3.39. The van der Waals surface area contributed by atoms with Crippen LogP contribution in [0.5, 0.6) is 0 Å². The van der Waals surface area contributed by atoms with E-state index in [0.29, 0.717) is 0 Å². The average molecular weight is 302 g/mol. The van der Waals surface area contributed by atoms with Crippen molar-refractivity contribution in [2.45, 2.75) is 31.2 Å². The molecule has 1 aliphatic rings. The second-order valence-corrected chi connectivity index (χ2v) is 13.1. The van der Waals surface area contributed by atoms with Gasteiger partial charge < -0.3 is 4.90 Å². The summed E-state index contributed by atoms with van der Waals surface area (Å²) in [6.45, 7) is 9.77. The van der Waals surface area contributed by atoms with Crippen LogP contribution in [0.4, 0.5) is 0 Å². The average Bonchev–Trinajstić information content (AvgIpc) is 2.90. The number of likely N-dealkylation sites (N-methyl/N-ethyl adjacent to an activating group) is 1. The number of rotatable bonds is 2. The van der Waals surface area contributed by atoms with Gasteiger partial charge in [0.1, 0.15) is 0 Å². The topological polar surface area (TPSA) is 3.24 Å². The third-order valence-electron chi connectivity index (χ3n) is 4.72. The van der Waals surface area contributed by atoms with Crippen LogP contribution in [-0.2, 0) is 11.6 Å². The van der Waals surface area contributed by atoms with Crippen LogP contribution in [-0.4, -0.2) is 26.6 Å². The first-order valence-electron chi connectivity index (χ1n) is 7.25. The molecule has 1 unspecified atom stereocenters. The van der Waals surface area contributed by atoms with E-state index >= 15 is 0 Å². The van der Waals surface area contributed by atoms with Crippen LogP contribution in [0.2, 0.25) is 19.6 Å². The molecule has 106 valence electrons. The number of hydrogen-bond donors (Lipinski definition) is 0. The summed E-state index contributed by atoms with van der Waals surface area (Å²) < 4.78 is 0. The Morgan fingerprint density at radius 1 is 1.15 bits per heavy atom. The summed E-state index contributed by atoms with van der Waals surface area (Å²) in [5.74, 6) is 0. The number of benzene rings is 1. The van der Waals surface area contributed by atoms with E-state index < -0.39 is 8.07 Å². The lowest BCUT2D eigenvalue weighted by atomic mass is 9.85. The van der Waals surface area contributed by atoms with E-state index in [-0.39, 0.29) is 5.04 Å². The Bertz CT molecular complexity index is 600. The maximum atomic E-state index is 2.51. The van der Waals surface area contributed by atoms with E-state index in [9.17, 15) is 0 Å². The van der Waals surface area contributed by atoms with Crippen molar-refractivity contribution in [2.75, 3.05) is 13.6 Å². The van der Waals surface area contributed by atoms with Gasteiger partial charge >= 0.3 is 0 Å². The van der Waals surface area contributed by atoms with Gasteiger partial charge in [0.25, 0.3) is 0 Å². The summed E-state index contributed by atoms with van der Waals surface area (Å²) in [4.78, 5) is 2.50. The van der Waals surface area contributed by atoms with Crippen molar-refractivity contribution in [2.24, 2.45) is 0 Å². The van der Waals surface area contributed by atoms with Gasteiger partial charge in [0.2, 0.25) is 0 Å². The predicted octanol–water partition coefficient (Wildman–Crippen LogP) is 4.36. The number of thiophene rings is 1. The highest BCUT2D eigenvalue weighted by Gasteiger charge is 2.49. The Morgan fingerprint density at radius 2 is 1.90 bits per heavy atom. The second-order valence-electron chi connectivity index (χ2n) is 7.00. The molecule has 0 saturated carbocycles. The summed E-state index contributed by atoms with van der Waals surface area (Å²) in [6, 6.07) is 11.4. The monoisotopic (exact) mass is 301 g/mol. The molecular weight excluding hydrogens is 278 g/mol. The summed E-state index contributed by atoms with van der Waals surface area (Å²) in [5, 5.41) is 4.82. The standard InChI is InChI=1S/C17H23NSSi/c1-18-11-14-7-5-6-8-16(14)17(13-18,20(2,3)4)15-9-10-19-12-15/h5-10,12H,11,13H2,1-4H3. The molecule has 1 nitrogen and oxygen atoms in total. The molecule has 1 aromatic carbocycles. The largest absolute Gasteiger partial charge is 0.301 e. The molecule has 1 aromatic heterocycles. The fourth-order valence-electron chi connectivity index (χ4n) is 3.74. The second kappa shape index (κ2) is 4.83. The lowest BCUT2D eigenvalue weighted by Gasteiger charge is -2.50. The van der Waals surface area contributed by atoms with Crippen LogP contribution in [0.3, 0.4) is 0 Å². The Labute approximate surface area is 127 Å². The molecule has 0 aliphatic carbocycles. The minimum Gasteiger partial charge on any atom is -0.301 e. The highest BCUT2D eigenvalue weighted by atomic mass is 32.1. The minimum absolute atomic E-state index is 0.219. The number of fused-ring (bicyclic) bond motifs is 1. The van der Waals surface area contributed by atoms with Gasteiger partial charge in [-0.05, 0) is 40.6 Å². The van der Waals surface area contributed by atoms with Crippen molar-refractivity contribution in [3.05, 3.63) is 57.8 Å². The van der Waals surface area contributed by atoms with Crippen molar-refractivity contribution in [3.8, 4) is 0 Å². The maximum absolute atomic E-state index is 2.51. The van der Waals surface area contributed by atoms with Gasteiger partial charge in [0.05, 0.1) is 8.07 Å². The van der Waals surface area contributed by atoms with Gasteiger partial charge in [-0.2, -0.15) is 11.3 Å². The van der Waals surface area contributed by atoms with Gasteiger partial charge in [-0.3, -0.25) is 0 Å². The van der Waals surface area contributed by atoms with Crippen molar-refractivity contribution < 1.29 is 0 Å². The molecule has 20 heavy (non-hydrogen) atoms. The molecule has 0 saturated heterocycles. The molecule has 0 fully saturated rings. The molecular formula is C17H23NSSi. The lowest BCUT2D eigenvalue weighted by molar-refractivity contribution is 0.274. The van der Waals surface area contributed by atoms with Crippen LogP contribution in [0.15, 0.2) is 41.1 Å². The SMILES string of the molecule is CN1Cc2ccccc2C(c2ccsc2)([Si](C)(C)C)C1. The lowest BCUT2D eigenvalue weighted by Crippen LogP contribution is -2.58. The molecule has 1 aliphatic heterocycles. The van der Waals surface area contributed by atoms with E-state index in [4.69, 9.17) is 0 Å². The van der Waals surface area contributed by atoms with Gasteiger partial charge in [-0.1, -0.05) is 43.9 Å². The Hall–Kier alpha value is -0.903. The molecule has 0 radical (unpaired) electrons. The summed E-state index contributed by atoms with van der Waals surface area (Å²) in [7, 11) is 0.822. The number of hydrogen-bond acceptors (Lipinski definition) is 2. The van der Waals surface area contributed by atoms with Crippen molar-refractivity contribution in [3.63, 3.8) is 0 Å². The predicted molar refractivity (Wildman–Crippen MR) is 91.2 cm³/mol. The highest BCUT2D eigenvalue weighted by Crippen LogP contribution is 2.46. The van der Waals surface area contributed by atoms with Gasteiger partial charge in [-0.15, -0.1) is 0 Å². The molecule has 3 rings (SSSR count). The summed E-state index contributed by atoms with van der Waals surface area (Å²) >= 11 is 1.83. The molecule has 0 amide bonds. The zero-order chi connectivity index (χ0) is 14.4. The first-order chi connectivity index (χ1) is 9.45. The fraction of sp³-hybridized carbons (Fsp3) is 0.412. The van der Waals surface area contributed by atoms with E-state index in [2.05, 4.69) is 72.7 Å². The molecule has 2 aromatic rings. The molecule has 0 spiro atoms. The first-order valence-corrected chi connectivity index (χ1v) is 11.7. The van der Waals surface area contributed by atoms with E-state index in [0.717, 1.165) is 13.1 Å². The molecule has 3 heteroatoms. The van der Waals surface area contributed by atoms with E-state index in [1.54, 1.807) is 5.56 Å². The highest BCUT2D eigenvalue weighted by molar-refractivity contribution is 7.08. The van der Waals surface area contributed by atoms with Crippen LogP contribution in [0, 0.1) is 0 Å².